The third kappa shape index (κ3) is 5.30. The van der Waals surface area contributed by atoms with Gasteiger partial charge in [0.1, 0.15) is 42.4 Å². The van der Waals surface area contributed by atoms with Crippen molar-refractivity contribution >= 4 is 49.7 Å². The van der Waals surface area contributed by atoms with Crippen LogP contribution in [-0.2, 0) is 36.7 Å². The molecule has 0 spiro atoms. The molecule has 2 unspecified atom stereocenters. The van der Waals surface area contributed by atoms with E-state index in [1.807, 2.05) is 0 Å². The van der Waals surface area contributed by atoms with Gasteiger partial charge in [0.05, 0.1) is 25.9 Å². The number of H-pyrrole nitrogens is 1. The highest BCUT2D eigenvalue weighted by molar-refractivity contribution is 7.47. The normalized spacial score (nSPS) is 37.7. The van der Waals surface area contributed by atoms with E-state index >= 15 is 4.39 Å². The van der Waals surface area contributed by atoms with Gasteiger partial charge >= 0.3 is 15.6 Å². The minimum Gasteiger partial charge on any atom is -0.386 e. The lowest BCUT2D eigenvalue weighted by Gasteiger charge is -2.25. The standard InChI is InChI=1S/C20H23FN10O12P2/c21-8-6-1-38-44(34,35)42-12-7(41-18(11(12)32)31-5-27-10-16(31)28-20(23)29-17(10)33)2-39-45(36,37)43-13(8)19(40-6)30-4-26-9-14(22)24-3-25-15(9)30/h3-8,11-13,18-19,32H,1-2H2,(H,34,35)(H,36,37)(H2,22,24,25)(H3,23,28,29,33)/t6-,7-,8-,11-,12-,13-,18-,19-/m0/s1. The van der Waals surface area contributed by atoms with Crippen LogP contribution in [0.4, 0.5) is 16.2 Å². The monoisotopic (exact) mass is 676 g/mol. The van der Waals surface area contributed by atoms with Gasteiger partial charge in [0.2, 0.25) is 5.95 Å². The molecule has 25 heteroatoms. The van der Waals surface area contributed by atoms with Gasteiger partial charge in [-0.25, -0.2) is 33.5 Å². The predicted molar refractivity (Wildman–Crippen MR) is 142 cm³/mol. The van der Waals surface area contributed by atoms with E-state index in [0.717, 1.165) is 23.5 Å². The summed E-state index contributed by atoms with van der Waals surface area (Å²) in [7, 11) is -10.3. The number of imidazole rings is 2. The summed E-state index contributed by atoms with van der Waals surface area (Å²) in [6.07, 6.45) is -10.5. The van der Waals surface area contributed by atoms with Crippen molar-refractivity contribution in [1.29, 1.82) is 0 Å². The number of fused-ring (bicyclic) bond motifs is 5. The van der Waals surface area contributed by atoms with E-state index in [2.05, 4.69) is 29.9 Å². The molecule has 0 aromatic carbocycles. The van der Waals surface area contributed by atoms with Crippen LogP contribution in [0, 0.1) is 0 Å². The van der Waals surface area contributed by atoms with Gasteiger partial charge in [0.15, 0.2) is 41.3 Å². The SMILES string of the molecule is Nc1nc2c(ncn2[C@H]2O[C@H]3COP(=O)(O)O[C@H]4[C@@H](F)[C@H](COP(=O)(O)O[C@@H]3[C@@H]2O)O[C@@H]4n2cnc3c(N)ncnc32)c(=O)[nH]1. The number of alkyl halides is 1. The van der Waals surface area contributed by atoms with Crippen LogP contribution in [0.2, 0.25) is 0 Å². The van der Waals surface area contributed by atoms with Crippen LogP contribution in [0.3, 0.4) is 0 Å². The summed E-state index contributed by atoms with van der Waals surface area (Å²) in [4.78, 5) is 55.5. The van der Waals surface area contributed by atoms with E-state index < -0.39 is 83.6 Å². The summed E-state index contributed by atoms with van der Waals surface area (Å²) in [6.45, 7) is -1.81. The molecule has 3 fully saturated rings. The Kier molecular flexibility index (Phi) is 7.26. The van der Waals surface area contributed by atoms with Crippen LogP contribution in [0.25, 0.3) is 22.3 Å². The van der Waals surface area contributed by atoms with Gasteiger partial charge in [-0.1, -0.05) is 0 Å². The van der Waals surface area contributed by atoms with Crippen molar-refractivity contribution in [2.75, 3.05) is 24.7 Å². The van der Waals surface area contributed by atoms with E-state index in [1.54, 1.807) is 0 Å². The molecule has 8 N–H and O–H groups in total. The van der Waals surface area contributed by atoms with Crippen molar-refractivity contribution in [1.82, 2.24) is 39.0 Å². The average molecular weight is 676 g/mol. The second kappa shape index (κ2) is 10.8. The molecule has 0 amide bonds. The van der Waals surface area contributed by atoms with Crippen molar-refractivity contribution in [3.8, 4) is 0 Å². The Balaban J connectivity index is 1.21. The highest BCUT2D eigenvalue weighted by Gasteiger charge is 2.54. The molecule has 4 aromatic heterocycles. The zero-order valence-electron chi connectivity index (χ0n) is 22.3. The fourth-order valence-electron chi connectivity index (χ4n) is 5.27. The highest BCUT2D eigenvalue weighted by atomic mass is 31.2. The molecule has 45 heavy (non-hydrogen) atoms. The van der Waals surface area contributed by atoms with E-state index in [4.69, 9.17) is 39.0 Å². The first-order valence-electron chi connectivity index (χ1n) is 12.9. The van der Waals surface area contributed by atoms with Gasteiger partial charge in [0, 0.05) is 0 Å². The molecule has 3 aliphatic heterocycles. The lowest BCUT2D eigenvalue weighted by molar-refractivity contribution is -0.0671. The number of hydrogen-bond donors (Lipinski definition) is 6. The minimum absolute atomic E-state index is 0.0103. The van der Waals surface area contributed by atoms with Crippen LogP contribution in [-0.4, -0.2) is 104 Å². The zero-order chi connectivity index (χ0) is 31.8. The number of aromatic nitrogens is 8. The number of ether oxygens (including phenoxy) is 2. The average Bonchev–Trinajstić information content (AvgIpc) is 3.72. The maximum Gasteiger partial charge on any atom is 0.472 e. The number of phosphoric acid groups is 2. The molecule has 7 rings (SSSR count). The van der Waals surface area contributed by atoms with E-state index in [-0.39, 0.29) is 34.1 Å². The van der Waals surface area contributed by atoms with Gasteiger partial charge < -0.3 is 35.8 Å². The van der Waals surface area contributed by atoms with Crippen molar-refractivity contribution < 1.29 is 56.0 Å². The number of anilines is 2. The summed E-state index contributed by atoms with van der Waals surface area (Å²) in [6, 6.07) is 0. The van der Waals surface area contributed by atoms with E-state index in [9.17, 15) is 28.8 Å². The Morgan fingerprint density at radius 1 is 0.889 bits per heavy atom. The molecule has 3 saturated heterocycles. The number of aromatic amines is 1. The number of aliphatic hydroxyl groups excluding tert-OH is 1. The topological polar surface area (TPSA) is 309 Å². The van der Waals surface area contributed by atoms with Crippen molar-refractivity contribution in [2.24, 2.45) is 0 Å². The number of nitrogens with one attached hydrogen (secondary N) is 1. The summed E-state index contributed by atoms with van der Waals surface area (Å²) < 4.78 is 76.1. The summed E-state index contributed by atoms with van der Waals surface area (Å²) in [5, 5.41) is 11.1. The van der Waals surface area contributed by atoms with Crippen molar-refractivity contribution in [2.45, 2.75) is 49.1 Å². The van der Waals surface area contributed by atoms with Crippen LogP contribution in [0.15, 0.2) is 23.8 Å². The summed E-state index contributed by atoms with van der Waals surface area (Å²) >= 11 is 0. The first kappa shape index (κ1) is 30.2. The van der Waals surface area contributed by atoms with Gasteiger partial charge in [-0.2, -0.15) is 4.98 Å². The Morgan fingerprint density at radius 3 is 2.24 bits per heavy atom. The van der Waals surface area contributed by atoms with Crippen molar-refractivity contribution in [3.05, 3.63) is 29.3 Å². The number of aliphatic hydroxyl groups is 1. The first-order chi connectivity index (χ1) is 21.3. The lowest BCUT2D eigenvalue weighted by Crippen LogP contribution is -2.36. The Hall–Kier alpha value is -3.47. The molecule has 0 aliphatic carbocycles. The smallest absolute Gasteiger partial charge is 0.386 e. The van der Waals surface area contributed by atoms with Gasteiger partial charge in [-0.05, 0) is 0 Å². The van der Waals surface area contributed by atoms with E-state index in [1.165, 1.54) is 4.57 Å². The molecular formula is C20H23FN10O12P2. The summed E-state index contributed by atoms with van der Waals surface area (Å²) in [5.41, 5.74) is 10.6. The van der Waals surface area contributed by atoms with Crippen molar-refractivity contribution in [3.63, 3.8) is 0 Å². The molecular weight excluding hydrogens is 653 g/mol. The third-order valence-electron chi connectivity index (χ3n) is 7.27. The third-order valence-corrected chi connectivity index (χ3v) is 9.24. The molecule has 22 nitrogen and oxygen atoms in total. The number of nitrogens with zero attached hydrogens (tertiary/aromatic N) is 7. The van der Waals surface area contributed by atoms with Gasteiger partial charge in [0.25, 0.3) is 5.56 Å². The lowest BCUT2D eigenvalue weighted by atomic mass is 10.1. The number of nitrogen functional groups attached to an aromatic ring is 2. The predicted octanol–water partition coefficient (Wildman–Crippen LogP) is -1.36. The van der Waals surface area contributed by atoms with Crippen LogP contribution in [0.1, 0.15) is 12.5 Å². The second-order valence-electron chi connectivity index (χ2n) is 10.1. The fourth-order valence-corrected chi connectivity index (χ4v) is 7.16. The molecule has 7 heterocycles. The first-order valence-corrected chi connectivity index (χ1v) is 15.9. The Labute approximate surface area is 248 Å². The number of hydrogen-bond acceptors (Lipinski definition) is 17. The quantitative estimate of drug-likeness (QED) is 0.133. The zero-order valence-corrected chi connectivity index (χ0v) is 24.1. The molecule has 242 valence electrons. The number of halogens is 1. The maximum absolute atomic E-state index is 15.7. The number of rotatable bonds is 2. The highest BCUT2D eigenvalue weighted by Crippen LogP contribution is 2.54. The number of phosphoric ester groups is 2. The molecule has 3 aliphatic rings. The molecule has 2 bridgehead atoms. The fraction of sp³-hybridized carbons (Fsp3) is 0.500. The van der Waals surface area contributed by atoms with Crippen LogP contribution < -0.4 is 17.0 Å². The van der Waals surface area contributed by atoms with Crippen LogP contribution in [0.5, 0.6) is 0 Å². The largest absolute Gasteiger partial charge is 0.472 e. The maximum atomic E-state index is 15.7. The minimum atomic E-state index is -5.17. The second-order valence-corrected chi connectivity index (χ2v) is 12.9. The van der Waals surface area contributed by atoms with Gasteiger partial charge in [-0.15, -0.1) is 0 Å². The molecule has 4 aromatic rings. The Morgan fingerprint density at radius 2 is 1.51 bits per heavy atom. The molecule has 0 saturated carbocycles. The number of nitrogens with two attached hydrogens (primary N) is 2. The Bertz CT molecular complexity index is 1940. The van der Waals surface area contributed by atoms with Gasteiger partial charge in [-0.3, -0.25) is 37.0 Å². The van der Waals surface area contributed by atoms with E-state index in [0.29, 0.717) is 0 Å². The molecule has 10 atom stereocenters. The van der Waals surface area contributed by atoms with Crippen LogP contribution >= 0.6 is 15.6 Å². The summed E-state index contributed by atoms with van der Waals surface area (Å²) in [5.74, 6) is -0.291. The molecule has 0 radical (unpaired) electrons.